The maximum atomic E-state index is 12.4. The summed E-state index contributed by atoms with van der Waals surface area (Å²) in [6.07, 6.45) is -0.0557. The van der Waals surface area contributed by atoms with E-state index in [1.54, 1.807) is 12.1 Å². The Kier molecular flexibility index (Phi) is 7.99. The van der Waals surface area contributed by atoms with Crippen LogP contribution in [0.1, 0.15) is 24.0 Å². The van der Waals surface area contributed by atoms with Gasteiger partial charge in [-0.3, -0.25) is 14.4 Å². The number of nitrogens with zero attached hydrogens (tertiary/aromatic N) is 1. The molecule has 1 N–H and O–H groups in total. The first-order valence-electron chi connectivity index (χ1n) is 8.43. The van der Waals surface area contributed by atoms with E-state index < -0.39 is 18.0 Å². The third-order valence-electron chi connectivity index (χ3n) is 3.76. The zero-order valence-electron chi connectivity index (χ0n) is 14.7. The van der Waals surface area contributed by atoms with Gasteiger partial charge in [0.1, 0.15) is 13.2 Å². The van der Waals surface area contributed by atoms with Gasteiger partial charge in [0.05, 0.1) is 0 Å². The lowest BCUT2D eigenvalue weighted by Gasteiger charge is -2.25. The van der Waals surface area contributed by atoms with Gasteiger partial charge in [0.2, 0.25) is 6.41 Å². The van der Waals surface area contributed by atoms with Gasteiger partial charge >= 0.3 is 11.9 Å². The number of carboxylic acid groups (broad SMARTS) is 1. The van der Waals surface area contributed by atoms with Crippen molar-refractivity contribution in [3.05, 3.63) is 71.8 Å². The molecule has 142 valence electrons. The van der Waals surface area contributed by atoms with E-state index in [4.69, 9.17) is 14.7 Å². The summed E-state index contributed by atoms with van der Waals surface area (Å²) < 4.78 is 5.24. The van der Waals surface area contributed by atoms with Crippen LogP contribution in [0.25, 0.3) is 0 Å². The fourth-order valence-corrected chi connectivity index (χ4v) is 2.35. The first-order valence-corrected chi connectivity index (χ1v) is 8.43. The minimum absolute atomic E-state index is 0.0224. The molecule has 2 aromatic carbocycles. The summed E-state index contributed by atoms with van der Waals surface area (Å²) in [5, 5.41) is 9.74. The van der Waals surface area contributed by atoms with E-state index in [1.807, 2.05) is 48.5 Å². The van der Waals surface area contributed by atoms with E-state index in [-0.39, 0.29) is 26.1 Å². The minimum atomic E-state index is -1.15. The van der Waals surface area contributed by atoms with E-state index in [2.05, 4.69) is 0 Å². The third kappa shape index (κ3) is 6.91. The van der Waals surface area contributed by atoms with Crippen LogP contribution in [0.15, 0.2) is 60.7 Å². The van der Waals surface area contributed by atoms with E-state index in [0.29, 0.717) is 6.41 Å². The summed E-state index contributed by atoms with van der Waals surface area (Å²) in [6, 6.07) is 17.0. The zero-order valence-corrected chi connectivity index (χ0v) is 14.7. The van der Waals surface area contributed by atoms with Crippen LogP contribution in [0, 0.1) is 0 Å². The number of hydroxylamine groups is 2. The monoisotopic (exact) mass is 371 g/mol. The Balaban J connectivity index is 2.01. The van der Waals surface area contributed by atoms with Crippen LogP contribution in [0.3, 0.4) is 0 Å². The first kappa shape index (κ1) is 20.1. The normalized spacial score (nSPS) is 11.4. The second-order valence-corrected chi connectivity index (χ2v) is 5.77. The molecule has 0 bridgehead atoms. The van der Waals surface area contributed by atoms with Crippen LogP contribution in [-0.4, -0.2) is 34.6 Å². The molecule has 0 saturated heterocycles. The van der Waals surface area contributed by atoms with E-state index in [9.17, 15) is 14.4 Å². The van der Waals surface area contributed by atoms with Crippen molar-refractivity contribution >= 4 is 18.3 Å². The lowest BCUT2D eigenvalue weighted by molar-refractivity contribution is -0.204. The molecule has 7 nitrogen and oxygen atoms in total. The minimum Gasteiger partial charge on any atom is -0.481 e. The van der Waals surface area contributed by atoms with E-state index in [1.165, 1.54) is 0 Å². The molecule has 1 atom stereocenters. The quantitative estimate of drug-likeness (QED) is 0.371. The molecule has 0 saturated carbocycles. The van der Waals surface area contributed by atoms with Crippen LogP contribution < -0.4 is 0 Å². The number of ether oxygens (including phenoxy) is 1. The zero-order chi connectivity index (χ0) is 19.5. The summed E-state index contributed by atoms with van der Waals surface area (Å²) in [5.41, 5.74) is 1.59. The highest BCUT2D eigenvalue weighted by Crippen LogP contribution is 2.13. The van der Waals surface area contributed by atoms with Crippen molar-refractivity contribution in [1.82, 2.24) is 5.06 Å². The summed E-state index contributed by atoms with van der Waals surface area (Å²) >= 11 is 0. The van der Waals surface area contributed by atoms with Gasteiger partial charge in [0.25, 0.3) is 0 Å². The van der Waals surface area contributed by atoms with Crippen molar-refractivity contribution in [2.24, 2.45) is 0 Å². The van der Waals surface area contributed by atoms with Gasteiger partial charge in [-0.1, -0.05) is 60.7 Å². The number of rotatable bonds is 11. The number of amides is 1. The SMILES string of the molecule is O=CN(OCc1ccccc1)[C@H](CCC(=O)O)C(=O)OCc1ccccc1. The van der Waals surface area contributed by atoms with Gasteiger partial charge in [-0.25, -0.2) is 9.86 Å². The Morgan fingerprint density at radius 3 is 2.04 bits per heavy atom. The number of carbonyl (C=O) groups excluding carboxylic acids is 2. The average molecular weight is 371 g/mol. The molecule has 0 aliphatic heterocycles. The molecule has 2 rings (SSSR count). The van der Waals surface area contributed by atoms with Crippen LogP contribution in [0.2, 0.25) is 0 Å². The van der Waals surface area contributed by atoms with E-state index in [0.717, 1.165) is 16.2 Å². The Hall–Kier alpha value is -3.19. The molecule has 0 heterocycles. The molecule has 0 radical (unpaired) electrons. The lowest BCUT2D eigenvalue weighted by Crippen LogP contribution is -2.41. The Morgan fingerprint density at radius 2 is 1.52 bits per heavy atom. The molecule has 0 fully saturated rings. The fourth-order valence-electron chi connectivity index (χ4n) is 2.35. The van der Waals surface area contributed by atoms with Crippen molar-refractivity contribution in [1.29, 1.82) is 0 Å². The highest BCUT2D eigenvalue weighted by Gasteiger charge is 2.28. The molecular formula is C20H21NO6. The Morgan fingerprint density at radius 1 is 0.963 bits per heavy atom. The van der Waals surface area contributed by atoms with Crippen molar-refractivity contribution in [3.63, 3.8) is 0 Å². The van der Waals surface area contributed by atoms with Crippen LogP contribution in [-0.2, 0) is 37.2 Å². The second kappa shape index (κ2) is 10.7. The highest BCUT2D eigenvalue weighted by molar-refractivity contribution is 5.78. The summed E-state index contributed by atoms with van der Waals surface area (Å²) in [5.74, 6) is -1.80. The summed E-state index contributed by atoms with van der Waals surface area (Å²) in [4.78, 5) is 40.2. The number of aliphatic carboxylic acids is 1. The molecule has 7 heteroatoms. The van der Waals surface area contributed by atoms with Crippen LogP contribution in [0.5, 0.6) is 0 Å². The Labute approximate surface area is 157 Å². The number of benzene rings is 2. The highest BCUT2D eigenvalue weighted by atomic mass is 16.7. The third-order valence-corrected chi connectivity index (χ3v) is 3.76. The molecule has 1 amide bonds. The largest absolute Gasteiger partial charge is 0.481 e. The molecule has 0 aliphatic rings. The molecule has 0 aromatic heterocycles. The smallest absolute Gasteiger partial charge is 0.331 e. The van der Waals surface area contributed by atoms with Crippen molar-refractivity contribution in [3.8, 4) is 0 Å². The summed E-state index contributed by atoms with van der Waals surface area (Å²) in [6.45, 7) is 0.0870. The molecular weight excluding hydrogens is 350 g/mol. The van der Waals surface area contributed by atoms with Gasteiger partial charge in [-0.2, -0.15) is 0 Å². The predicted octanol–water partition coefficient (Wildman–Crippen LogP) is 2.55. The lowest BCUT2D eigenvalue weighted by atomic mass is 10.1. The Bertz CT molecular complexity index is 735. The summed E-state index contributed by atoms with van der Waals surface area (Å²) in [7, 11) is 0. The number of esters is 1. The molecule has 27 heavy (non-hydrogen) atoms. The predicted molar refractivity (Wildman–Crippen MR) is 96.0 cm³/mol. The van der Waals surface area contributed by atoms with Gasteiger partial charge in [0.15, 0.2) is 6.04 Å². The van der Waals surface area contributed by atoms with Gasteiger partial charge in [-0.15, -0.1) is 0 Å². The van der Waals surface area contributed by atoms with Crippen LogP contribution >= 0.6 is 0 Å². The van der Waals surface area contributed by atoms with Crippen molar-refractivity contribution in [2.75, 3.05) is 0 Å². The number of carbonyl (C=O) groups is 3. The number of hydrogen-bond acceptors (Lipinski definition) is 5. The maximum Gasteiger partial charge on any atom is 0.331 e. The standard InChI is InChI=1S/C20H21NO6/c22-15-21(27-14-17-9-5-2-6-10-17)18(11-12-19(23)24)20(25)26-13-16-7-3-1-4-8-16/h1-10,15,18H,11-14H2,(H,23,24)/t18-/m1/s1. The van der Waals surface area contributed by atoms with Crippen LogP contribution in [0.4, 0.5) is 0 Å². The average Bonchev–Trinajstić information content (AvgIpc) is 2.70. The van der Waals surface area contributed by atoms with Gasteiger partial charge < -0.3 is 9.84 Å². The van der Waals surface area contributed by atoms with Gasteiger partial charge in [0, 0.05) is 6.42 Å². The molecule has 0 spiro atoms. The second-order valence-electron chi connectivity index (χ2n) is 5.77. The topological polar surface area (TPSA) is 93.1 Å². The maximum absolute atomic E-state index is 12.4. The van der Waals surface area contributed by atoms with Crippen molar-refractivity contribution < 1.29 is 29.1 Å². The first-order chi connectivity index (χ1) is 13.1. The van der Waals surface area contributed by atoms with Crippen molar-refractivity contribution in [2.45, 2.75) is 32.1 Å². The molecule has 2 aromatic rings. The fraction of sp³-hybridized carbons (Fsp3) is 0.250. The number of carboxylic acids is 1. The van der Waals surface area contributed by atoms with Gasteiger partial charge in [-0.05, 0) is 17.5 Å². The molecule has 0 aliphatic carbocycles. The molecule has 0 unspecified atom stereocenters. The number of hydrogen-bond donors (Lipinski definition) is 1. The van der Waals surface area contributed by atoms with E-state index >= 15 is 0 Å².